The molecule has 0 aliphatic rings. The molecule has 5 nitrogen and oxygen atoms in total. The lowest BCUT2D eigenvalue weighted by Gasteiger charge is -2.14. The number of nitrogens with one attached hydrogen (secondary N) is 1. The van der Waals surface area contributed by atoms with Gasteiger partial charge < -0.3 is 0 Å². The van der Waals surface area contributed by atoms with Crippen LogP contribution in [0.3, 0.4) is 0 Å². The van der Waals surface area contributed by atoms with E-state index in [1.165, 1.54) is 5.43 Å². The lowest BCUT2D eigenvalue weighted by atomic mass is 10.3. The highest BCUT2D eigenvalue weighted by molar-refractivity contribution is 5.85. The van der Waals surface area contributed by atoms with Gasteiger partial charge in [-0.25, -0.2) is 5.43 Å². The van der Waals surface area contributed by atoms with Crippen molar-refractivity contribution in [1.82, 2.24) is 5.43 Å². The molecular weight excluding hydrogens is 202 g/mol. The minimum absolute atomic E-state index is 0. The standard InChI is InChI=1S/C3H6F3N3O2.ClH/c4-3(5,6)2(8-7)1-9(10)11;/h2,8H,1,7H2;1H. The molecule has 0 aromatic rings. The molecule has 0 heterocycles. The second kappa shape index (κ2) is 5.12. The number of alkyl halides is 3. The largest absolute Gasteiger partial charge is 0.411 e. The normalized spacial score (nSPS) is 13.3. The van der Waals surface area contributed by atoms with E-state index in [4.69, 9.17) is 0 Å². The number of halogens is 4. The van der Waals surface area contributed by atoms with Crippen molar-refractivity contribution < 1.29 is 18.1 Å². The summed E-state index contributed by atoms with van der Waals surface area (Å²) in [4.78, 5) is 8.54. The van der Waals surface area contributed by atoms with Crippen molar-refractivity contribution in [3.63, 3.8) is 0 Å². The van der Waals surface area contributed by atoms with Gasteiger partial charge in [0.05, 0.1) is 0 Å². The predicted molar refractivity (Wildman–Crippen MR) is 36.3 cm³/mol. The van der Waals surface area contributed by atoms with Gasteiger partial charge in [0.1, 0.15) is 0 Å². The molecule has 0 aliphatic carbocycles. The van der Waals surface area contributed by atoms with E-state index in [9.17, 15) is 23.3 Å². The zero-order valence-corrected chi connectivity index (χ0v) is 6.48. The van der Waals surface area contributed by atoms with Gasteiger partial charge in [0, 0.05) is 4.92 Å². The zero-order chi connectivity index (χ0) is 9.07. The van der Waals surface area contributed by atoms with Crippen molar-refractivity contribution in [2.45, 2.75) is 12.2 Å². The molecule has 0 rings (SSSR count). The lowest BCUT2D eigenvalue weighted by molar-refractivity contribution is -0.491. The first-order valence-corrected chi connectivity index (χ1v) is 2.52. The van der Waals surface area contributed by atoms with E-state index in [1.54, 1.807) is 0 Å². The van der Waals surface area contributed by atoms with Crippen LogP contribution < -0.4 is 11.3 Å². The Kier molecular flexibility index (Phi) is 5.95. The summed E-state index contributed by atoms with van der Waals surface area (Å²) in [6.07, 6.45) is -4.68. The molecule has 0 amide bonds. The van der Waals surface area contributed by atoms with Crippen LogP contribution in [0.2, 0.25) is 0 Å². The average Bonchev–Trinajstić information content (AvgIpc) is 1.79. The fourth-order valence-electron chi connectivity index (χ4n) is 0.400. The lowest BCUT2D eigenvalue weighted by Crippen LogP contribution is -2.50. The highest BCUT2D eigenvalue weighted by atomic mass is 35.5. The Hall–Kier alpha value is -0.600. The van der Waals surface area contributed by atoms with Gasteiger partial charge in [-0.1, -0.05) is 0 Å². The molecule has 0 aromatic carbocycles. The summed E-state index contributed by atoms with van der Waals surface area (Å²) in [6, 6.07) is -2.28. The van der Waals surface area contributed by atoms with E-state index in [0.717, 1.165) is 0 Å². The van der Waals surface area contributed by atoms with Crippen LogP contribution in [0.4, 0.5) is 13.2 Å². The first-order chi connectivity index (χ1) is 4.88. The van der Waals surface area contributed by atoms with Crippen molar-refractivity contribution in [3.8, 4) is 0 Å². The molecule has 9 heteroatoms. The molecule has 0 aliphatic heterocycles. The fraction of sp³-hybridized carbons (Fsp3) is 1.00. The van der Waals surface area contributed by atoms with Crippen LogP contribution in [0.15, 0.2) is 0 Å². The second-order valence-corrected chi connectivity index (χ2v) is 1.78. The Balaban J connectivity index is 0. The van der Waals surface area contributed by atoms with Crippen LogP contribution in [0, 0.1) is 10.1 Å². The van der Waals surface area contributed by atoms with Crippen LogP contribution in [0.1, 0.15) is 0 Å². The van der Waals surface area contributed by atoms with Gasteiger partial charge in [-0.2, -0.15) is 13.2 Å². The predicted octanol–water partition coefficient (Wildman–Crippen LogP) is 0.0791. The van der Waals surface area contributed by atoms with Crippen molar-refractivity contribution in [2.24, 2.45) is 5.84 Å². The van der Waals surface area contributed by atoms with Gasteiger partial charge in [-0.3, -0.25) is 16.0 Å². The van der Waals surface area contributed by atoms with Crippen molar-refractivity contribution in [3.05, 3.63) is 10.1 Å². The maximum Gasteiger partial charge on any atom is 0.411 e. The Morgan fingerprint density at radius 2 is 2.00 bits per heavy atom. The SMILES string of the molecule is Cl.NNC(C[N+](=O)[O-])C(F)(F)F. The topological polar surface area (TPSA) is 81.2 Å². The third-order valence-electron chi connectivity index (χ3n) is 0.928. The van der Waals surface area contributed by atoms with Crippen molar-refractivity contribution in [1.29, 1.82) is 0 Å². The maximum absolute atomic E-state index is 11.6. The molecule has 0 aromatic heterocycles. The van der Waals surface area contributed by atoms with E-state index in [0.29, 0.717) is 0 Å². The number of hydrogen-bond acceptors (Lipinski definition) is 4. The summed E-state index contributed by atoms with van der Waals surface area (Å²) in [7, 11) is 0. The summed E-state index contributed by atoms with van der Waals surface area (Å²) < 4.78 is 34.9. The molecule has 12 heavy (non-hydrogen) atoms. The Labute approximate surface area is 71.6 Å². The molecule has 1 atom stereocenters. The van der Waals surface area contributed by atoms with Gasteiger partial charge in [0.25, 0.3) is 0 Å². The van der Waals surface area contributed by atoms with Crippen LogP contribution in [-0.4, -0.2) is 23.7 Å². The molecule has 74 valence electrons. The molecule has 0 spiro atoms. The number of nitrogens with zero attached hydrogens (tertiary/aromatic N) is 1. The summed E-state index contributed by atoms with van der Waals surface area (Å²) in [5.74, 6) is 4.43. The minimum atomic E-state index is -4.68. The number of hydrogen-bond donors (Lipinski definition) is 2. The summed E-state index contributed by atoms with van der Waals surface area (Å²) in [6.45, 7) is -1.26. The highest BCUT2D eigenvalue weighted by Gasteiger charge is 2.42. The molecule has 1 unspecified atom stereocenters. The van der Waals surface area contributed by atoms with Gasteiger partial charge >= 0.3 is 6.18 Å². The quantitative estimate of drug-likeness (QED) is 0.392. The van der Waals surface area contributed by atoms with Crippen LogP contribution >= 0.6 is 12.4 Å². The molecule has 0 radical (unpaired) electrons. The highest BCUT2D eigenvalue weighted by Crippen LogP contribution is 2.19. The van der Waals surface area contributed by atoms with E-state index >= 15 is 0 Å². The van der Waals surface area contributed by atoms with E-state index in [-0.39, 0.29) is 12.4 Å². The number of nitrogens with two attached hydrogens (primary N) is 1. The van der Waals surface area contributed by atoms with Crippen LogP contribution in [0.5, 0.6) is 0 Å². The van der Waals surface area contributed by atoms with Crippen LogP contribution in [0.25, 0.3) is 0 Å². The van der Waals surface area contributed by atoms with E-state index in [1.807, 2.05) is 0 Å². The van der Waals surface area contributed by atoms with Crippen molar-refractivity contribution in [2.75, 3.05) is 6.54 Å². The zero-order valence-electron chi connectivity index (χ0n) is 5.67. The fourth-order valence-corrected chi connectivity index (χ4v) is 0.400. The average molecular weight is 210 g/mol. The number of rotatable bonds is 3. The first kappa shape index (κ1) is 14.0. The van der Waals surface area contributed by atoms with Gasteiger partial charge in [0.15, 0.2) is 6.04 Å². The summed E-state index contributed by atoms with van der Waals surface area (Å²) in [5, 5.41) is 9.63. The van der Waals surface area contributed by atoms with Gasteiger partial charge in [-0.15, -0.1) is 12.4 Å². The number of hydrazine groups is 1. The molecule has 0 fully saturated rings. The maximum atomic E-state index is 11.6. The third-order valence-corrected chi connectivity index (χ3v) is 0.928. The Morgan fingerprint density at radius 1 is 1.58 bits per heavy atom. The van der Waals surface area contributed by atoms with E-state index in [2.05, 4.69) is 5.84 Å². The van der Waals surface area contributed by atoms with Gasteiger partial charge in [0.2, 0.25) is 6.54 Å². The molecule has 3 N–H and O–H groups in total. The van der Waals surface area contributed by atoms with E-state index < -0.39 is 23.7 Å². The molecule has 0 saturated heterocycles. The Morgan fingerprint density at radius 3 is 2.08 bits per heavy atom. The molecule has 0 saturated carbocycles. The summed E-state index contributed by atoms with van der Waals surface area (Å²) >= 11 is 0. The smallest absolute Gasteiger partial charge is 0.271 e. The Bertz CT molecular complexity index is 152. The second-order valence-electron chi connectivity index (χ2n) is 1.78. The minimum Gasteiger partial charge on any atom is -0.271 e. The molecular formula is C3H7ClF3N3O2. The molecule has 0 bridgehead atoms. The summed E-state index contributed by atoms with van der Waals surface area (Å²) in [5.41, 5.74) is 1.31. The number of nitro groups is 1. The third kappa shape index (κ3) is 5.10. The van der Waals surface area contributed by atoms with Crippen LogP contribution in [-0.2, 0) is 0 Å². The first-order valence-electron chi connectivity index (χ1n) is 2.52. The van der Waals surface area contributed by atoms with Crippen molar-refractivity contribution >= 4 is 12.4 Å². The van der Waals surface area contributed by atoms with Gasteiger partial charge in [-0.05, 0) is 0 Å². The monoisotopic (exact) mass is 209 g/mol.